The predicted octanol–water partition coefficient (Wildman–Crippen LogP) is -1.27. The van der Waals surface area contributed by atoms with Crippen molar-refractivity contribution in [2.45, 2.75) is 55.8 Å². The standard InChI is InChI=1S/C26H39N12O9P/c1-36(2)6-4-5-33-48(42,47-13-7-16(45-14(13)8-39)37-11-31-17-21(27)29-10-30-22(17)37)44-9-15-19(40)20(43-3)25(46-15)38-12-32-18-23(38)34-26(28)35-24(18)41/h10-16,19-20,25,39-40H,4-9H2,1-3H3,(H,33,42)(H2,27,29,30)(H3,28,34,35,41)/t13-,14+,15+,16+,19+,20+,25+,48?/m0/s1. The molecule has 2 saturated heterocycles. The van der Waals surface area contributed by atoms with Crippen molar-refractivity contribution in [3.05, 3.63) is 29.3 Å². The van der Waals surface area contributed by atoms with Gasteiger partial charge in [-0.15, -0.1) is 0 Å². The number of H-pyrrole nitrogens is 1. The molecule has 4 aromatic rings. The minimum atomic E-state index is -4.13. The Bertz CT molecular complexity index is 1830. The lowest BCUT2D eigenvalue weighted by Gasteiger charge is -2.26. The van der Waals surface area contributed by atoms with E-state index in [1.807, 2.05) is 19.0 Å². The molecular weight excluding hydrogens is 655 g/mol. The third kappa shape index (κ3) is 6.79. The van der Waals surface area contributed by atoms with Gasteiger partial charge in [-0.05, 0) is 27.1 Å². The Hall–Kier alpha value is -3.63. The zero-order chi connectivity index (χ0) is 34.2. The molecule has 2 aliphatic heterocycles. The Morgan fingerprint density at radius 1 is 1.12 bits per heavy atom. The molecule has 48 heavy (non-hydrogen) atoms. The van der Waals surface area contributed by atoms with Gasteiger partial charge in [0.05, 0.1) is 25.9 Å². The molecule has 21 nitrogen and oxygen atoms in total. The summed E-state index contributed by atoms with van der Waals surface area (Å²) < 4.78 is 47.1. The summed E-state index contributed by atoms with van der Waals surface area (Å²) >= 11 is 0. The van der Waals surface area contributed by atoms with Gasteiger partial charge in [0.15, 0.2) is 28.9 Å². The van der Waals surface area contributed by atoms with Crippen LogP contribution < -0.4 is 22.1 Å². The minimum Gasteiger partial charge on any atom is -0.394 e. The van der Waals surface area contributed by atoms with Crippen LogP contribution in [0.1, 0.15) is 25.3 Å². The number of nitrogens with zero attached hydrogens (tertiary/aromatic N) is 8. The number of ether oxygens (including phenoxy) is 3. The number of rotatable bonds is 14. The van der Waals surface area contributed by atoms with Crippen LogP contribution in [0.5, 0.6) is 0 Å². The van der Waals surface area contributed by atoms with Gasteiger partial charge in [-0.2, -0.15) is 4.98 Å². The molecular formula is C26H39N12O9P. The number of hydrogen-bond donors (Lipinski definition) is 6. The number of hydrogen-bond acceptors (Lipinski definition) is 17. The SMILES string of the molecule is CO[C@@H]1[C@H](O)[C@@H](COP(=O)(NCCCN(C)C)O[C@H]2C[C@H](n3cnc4c(N)ncnc43)O[C@@H]2CO)O[C@H]1n1cnc2c(=O)[nH]c(N)nc21. The molecule has 262 valence electrons. The zero-order valence-corrected chi connectivity index (χ0v) is 27.3. The number of nitrogen functional groups attached to an aromatic ring is 2. The van der Waals surface area contributed by atoms with E-state index < -0.39 is 62.9 Å². The molecule has 4 aromatic heterocycles. The number of aliphatic hydroxyl groups excluding tert-OH is 2. The van der Waals surface area contributed by atoms with Gasteiger partial charge in [0.1, 0.15) is 48.6 Å². The van der Waals surface area contributed by atoms with Crippen LogP contribution in [0.15, 0.2) is 23.8 Å². The smallest absolute Gasteiger partial charge is 0.394 e. The normalized spacial score (nSPS) is 27.4. The summed E-state index contributed by atoms with van der Waals surface area (Å²) in [4.78, 5) is 37.4. The molecule has 0 spiro atoms. The lowest BCUT2D eigenvalue weighted by molar-refractivity contribution is -0.0597. The van der Waals surface area contributed by atoms with Gasteiger partial charge in [-0.1, -0.05) is 0 Å². The molecule has 8 atom stereocenters. The first-order valence-electron chi connectivity index (χ1n) is 15.1. The number of nitrogens with one attached hydrogen (secondary N) is 2. The van der Waals surface area contributed by atoms with Crippen molar-refractivity contribution in [2.75, 3.05) is 59.0 Å². The summed E-state index contributed by atoms with van der Waals surface area (Å²) in [6.45, 7) is 0.134. The fourth-order valence-corrected chi connectivity index (χ4v) is 7.35. The summed E-state index contributed by atoms with van der Waals surface area (Å²) in [5.41, 5.74) is 12.1. The van der Waals surface area contributed by atoms with E-state index in [0.29, 0.717) is 24.1 Å². The summed E-state index contributed by atoms with van der Waals surface area (Å²) in [6, 6.07) is 0. The Morgan fingerprint density at radius 2 is 1.90 bits per heavy atom. The van der Waals surface area contributed by atoms with Crippen molar-refractivity contribution in [1.29, 1.82) is 0 Å². The van der Waals surface area contributed by atoms with Crippen LogP contribution in [0.3, 0.4) is 0 Å². The van der Waals surface area contributed by atoms with E-state index in [1.54, 1.807) is 4.57 Å². The fraction of sp³-hybridized carbons (Fsp3) is 0.615. The molecule has 2 aliphatic rings. The maximum Gasteiger partial charge on any atom is 0.405 e. The number of anilines is 2. The van der Waals surface area contributed by atoms with E-state index in [4.69, 9.17) is 34.7 Å². The minimum absolute atomic E-state index is 0.0202. The summed E-state index contributed by atoms with van der Waals surface area (Å²) in [7, 11) is 1.08. The molecule has 2 fully saturated rings. The number of nitrogens with two attached hydrogens (primary N) is 2. The highest BCUT2D eigenvalue weighted by Crippen LogP contribution is 2.49. The Kier molecular flexibility index (Phi) is 10.0. The first-order chi connectivity index (χ1) is 23.0. The molecule has 0 saturated carbocycles. The van der Waals surface area contributed by atoms with Gasteiger partial charge in [-0.3, -0.25) is 28.0 Å². The molecule has 0 radical (unpaired) electrons. The van der Waals surface area contributed by atoms with Crippen LogP contribution in [-0.2, 0) is 27.8 Å². The highest BCUT2D eigenvalue weighted by atomic mass is 31.2. The molecule has 6 heterocycles. The second-order valence-corrected chi connectivity index (χ2v) is 13.4. The number of fused-ring (bicyclic) bond motifs is 2. The Morgan fingerprint density at radius 3 is 2.65 bits per heavy atom. The van der Waals surface area contributed by atoms with Crippen LogP contribution in [-0.4, -0.2) is 132 Å². The number of imidazole rings is 2. The molecule has 0 bridgehead atoms. The topological polar surface area (TPSA) is 278 Å². The Balaban J connectivity index is 1.19. The second kappa shape index (κ2) is 14.1. The summed E-state index contributed by atoms with van der Waals surface area (Å²) in [6.07, 6.45) is -1.79. The van der Waals surface area contributed by atoms with Crippen molar-refractivity contribution in [3.8, 4) is 0 Å². The average molecular weight is 695 g/mol. The Labute approximate surface area is 273 Å². The van der Waals surface area contributed by atoms with Gasteiger partial charge >= 0.3 is 7.75 Å². The highest BCUT2D eigenvalue weighted by molar-refractivity contribution is 7.51. The third-order valence-electron chi connectivity index (χ3n) is 8.14. The molecule has 8 N–H and O–H groups in total. The number of aromatic nitrogens is 8. The third-order valence-corrected chi connectivity index (χ3v) is 9.79. The number of aliphatic hydroxyl groups is 2. The molecule has 22 heteroatoms. The van der Waals surface area contributed by atoms with E-state index in [9.17, 15) is 19.6 Å². The molecule has 1 unspecified atom stereocenters. The van der Waals surface area contributed by atoms with E-state index in [0.717, 1.165) is 0 Å². The lowest BCUT2D eigenvalue weighted by Crippen LogP contribution is -2.36. The fourth-order valence-electron chi connectivity index (χ4n) is 5.77. The predicted molar refractivity (Wildman–Crippen MR) is 168 cm³/mol. The monoisotopic (exact) mass is 694 g/mol. The second-order valence-electron chi connectivity index (χ2n) is 11.7. The van der Waals surface area contributed by atoms with E-state index in [-0.39, 0.29) is 42.5 Å². The van der Waals surface area contributed by atoms with Gasteiger partial charge in [0, 0.05) is 20.1 Å². The molecule has 0 aliphatic carbocycles. The number of aromatic amines is 1. The van der Waals surface area contributed by atoms with E-state index in [1.165, 1.54) is 30.7 Å². The zero-order valence-electron chi connectivity index (χ0n) is 26.4. The van der Waals surface area contributed by atoms with E-state index in [2.05, 4.69) is 35.0 Å². The lowest BCUT2D eigenvalue weighted by atomic mass is 10.1. The maximum atomic E-state index is 14.3. The van der Waals surface area contributed by atoms with Crippen molar-refractivity contribution >= 4 is 41.8 Å². The first-order valence-corrected chi connectivity index (χ1v) is 16.7. The average Bonchev–Trinajstić information content (AvgIpc) is 3.82. The molecule has 0 amide bonds. The van der Waals surface area contributed by atoms with Crippen molar-refractivity contribution < 1.29 is 38.0 Å². The first kappa shape index (κ1) is 34.2. The highest BCUT2D eigenvalue weighted by Gasteiger charge is 2.48. The van der Waals surface area contributed by atoms with Gasteiger partial charge in [-0.25, -0.2) is 29.6 Å². The van der Waals surface area contributed by atoms with Crippen LogP contribution >= 0.6 is 7.75 Å². The molecule has 0 aromatic carbocycles. The van der Waals surface area contributed by atoms with Crippen LogP contribution in [0.2, 0.25) is 0 Å². The van der Waals surface area contributed by atoms with Gasteiger partial charge < -0.3 is 40.8 Å². The van der Waals surface area contributed by atoms with Crippen LogP contribution in [0.4, 0.5) is 11.8 Å². The van der Waals surface area contributed by atoms with E-state index >= 15 is 0 Å². The quantitative estimate of drug-likeness (QED) is 0.0663. The van der Waals surface area contributed by atoms with Gasteiger partial charge in [0.2, 0.25) is 5.95 Å². The summed E-state index contributed by atoms with van der Waals surface area (Å²) in [5, 5.41) is 24.2. The molecule has 6 rings (SSSR count). The largest absolute Gasteiger partial charge is 0.405 e. The number of methoxy groups -OCH3 is 1. The maximum absolute atomic E-state index is 14.3. The van der Waals surface area contributed by atoms with Crippen LogP contribution in [0.25, 0.3) is 22.3 Å². The summed E-state index contributed by atoms with van der Waals surface area (Å²) in [5.74, 6) is 0.0747. The van der Waals surface area contributed by atoms with Gasteiger partial charge in [0.25, 0.3) is 5.56 Å². The van der Waals surface area contributed by atoms with Crippen molar-refractivity contribution in [3.63, 3.8) is 0 Å². The van der Waals surface area contributed by atoms with Crippen molar-refractivity contribution in [1.82, 2.24) is 49.0 Å². The van der Waals surface area contributed by atoms with Crippen LogP contribution in [0, 0.1) is 0 Å². The van der Waals surface area contributed by atoms with Crippen molar-refractivity contribution in [2.24, 2.45) is 0 Å².